The number of halogens is 1. The van der Waals surface area contributed by atoms with Gasteiger partial charge >= 0.3 is 0 Å². The van der Waals surface area contributed by atoms with E-state index in [2.05, 4.69) is 21.2 Å². The second kappa shape index (κ2) is 7.43. The van der Waals surface area contributed by atoms with E-state index < -0.39 is 0 Å². The molecule has 1 unspecified atom stereocenters. The van der Waals surface area contributed by atoms with Crippen molar-refractivity contribution < 1.29 is 14.3 Å². The van der Waals surface area contributed by atoms with Crippen LogP contribution in [-0.2, 0) is 9.53 Å². The number of hydrogen-bond donors (Lipinski definition) is 1. The van der Waals surface area contributed by atoms with E-state index in [1.807, 2.05) is 43.3 Å². The Kier molecular flexibility index (Phi) is 5.59. The Hall–Kier alpha value is -1.59. The van der Waals surface area contributed by atoms with Crippen LogP contribution in [-0.4, -0.2) is 32.3 Å². The van der Waals surface area contributed by atoms with Gasteiger partial charge in [0.05, 0.1) is 6.61 Å². The molecule has 2 aromatic rings. The Morgan fingerprint density at radius 3 is 2.71 bits per heavy atom. The number of carbonyl (C=O) groups is 1. The molecule has 1 amide bonds. The van der Waals surface area contributed by atoms with Gasteiger partial charge in [0.15, 0.2) is 6.61 Å². The number of fused-ring (bicyclic) bond motifs is 1. The summed E-state index contributed by atoms with van der Waals surface area (Å²) in [5.74, 6) is 0.523. The van der Waals surface area contributed by atoms with E-state index in [0.29, 0.717) is 12.4 Å². The molecule has 1 atom stereocenters. The van der Waals surface area contributed by atoms with E-state index >= 15 is 0 Å². The standard InChI is InChI=1S/C16H18BrNO3/c1-11(9-20-2)18-16(19)10-21-15-6-4-12-7-14(17)5-3-13(12)8-15/h3-8,11H,9-10H2,1-2H3,(H,18,19). The lowest BCUT2D eigenvalue weighted by molar-refractivity contribution is -0.124. The summed E-state index contributed by atoms with van der Waals surface area (Å²) < 4.78 is 11.5. The topological polar surface area (TPSA) is 47.6 Å². The molecule has 2 rings (SSSR count). The number of methoxy groups -OCH3 is 1. The highest BCUT2D eigenvalue weighted by Crippen LogP contribution is 2.24. The molecule has 0 aromatic heterocycles. The average molecular weight is 352 g/mol. The summed E-state index contributed by atoms with van der Waals surface area (Å²) in [6.07, 6.45) is 0. The first-order chi connectivity index (χ1) is 10.1. The van der Waals surface area contributed by atoms with Gasteiger partial charge in [-0.3, -0.25) is 4.79 Å². The Morgan fingerprint density at radius 2 is 1.95 bits per heavy atom. The van der Waals surface area contributed by atoms with Crippen molar-refractivity contribution in [2.75, 3.05) is 20.3 Å². The Morgan fingerprint density at radius 1 is 1.24 bits per heavy atom. The maximum absolute atomic E-state index is 11.7. The van der Waals surface area contributed by atoms with Gasteiger partial charge in [0.2, 0.25) is 0 Å². The third kappa shape index (κ3) is 4.72. The zero-order chi connectivity index (χ0) is 15.2. The van der Waals surface area contributed by atoms with Crippen LogP contribution in [0.3, 0.4) is 0 Å². The molecule has 0 aliphatic rings. The van der Waals surface area contributed by atoms with Gasteiger partial charge in [-0.2, -0.15) is 0 Å². The van der Waals surface area contributed by atoms with Crippen LogP contribution in [0.5, 0.6) is 5.75 Å². The van der Waals surface area contributed by atoms with Gasteiger partial charge in [0.1, 0.15) is 5.75 Å². The molecule has 0 heterocycles. The first-order valence-electron chi connectivity index (χ1n) is 6.69. The van der Waals surface area contributed by atoms with E-state index in [4.69, 9.17) is 9.47 Å². The molecule has 0 fully saturated rings. The predicted octanol–water partition coefficient (Wildman–Crippen LogP) is 3.13. The quantitative estimate of drug-likeness (QED) is 0.869. The van der Waals surface area contributed by atoms with Gasteiger partial charge in [0.25, 0.3) is 5.91 Å². The van der Waals surface area contributed by atoms with Crippen LogP contribution < -0.4 is 10.1 Å². The summed E-state index contributed by atoms with van der Waals surface area (Å²) >= 11 is 3.44. The number of nitrogens with one attached hydrogen (secondary N) is 1. The van der Waals surface area contributed by atoms with Crippen LogP contribution in [0.4, 0.5) is 0 Å². The van der Waals surface area contributed by atoms with Crippen LogP contribution in [0.25, 0.3) is 10.8 Å². The maximum Gasteiger partial charge on any atom is 0.258 e. The Labute approximate surface area is 132 Å². The fraction of sp³-hybridized carbons (Fsp3) is 0.312. The van der Waals surface area contributed by atoms with Crippen molar-refractivity contribution in [1.29, 1.82) is 0 Å². The summed E-state index contributed by atoms with van der Waals surface area (Å²) in [7, 11) is 1.60. The van der Waals surface area contributed by atoms with Crippen molar-refractivity contribution in [3.8, 4) is 5.75 Å². The smallest absolute Gasteiger partial charge is 0.258 e. The van der Waals surface area contributed by atoms with E-state index in [9.17, 15) is 4.79 Å². The molecule has 2 aromatic carbocycles. The minimum atomic E-state index is -0.157. The van der Waals surface area contributed by atoms with E-state index in [0.717, 1.165) is 15.2 Å². The van der Waals surface area contributed by atoms with Crippen LogP contribution in [0.15, 0.2) is 40.9 Å². The van der Waals surface area contributed by atoms with Crippen molar-refractivity contribution >= 4 is 32.6 Å². The third-order valence-electron chi connectivity index (χ3n) is 2.97. The second-order valence-electron chi connectivity index (χ2n) is 4.87. The SMILES string of the molecule is COCC(C)NC(=O)COc1ccc2cc(Br)ccc2c1. The number of rotatable bonds is 6. The maximum atomic E-state index is 11.7. The molecule has 0 aliphatic carbocycles. The van der Waals surface area contributed by atoms with Crippen LogP contribution in [0.1, 0.15) is 6.92 Å². The minimum absolute atomic E-state index is 0.00388. The first-order valence-corrected chi connectivity index (χ1v) is 7.48. The highest BCUT2D eigenvalue weighted by Gasteiger charge is 2.08. The molecule has 4 nitrogen and oxygen atoms in total. The highest BCUT2D eigenvalue weighted by molar-refractivity contribution is 9.10. The summed E-state index contributed by atoms with van der Waals surface area (Å²) in [5.41, 5.74) is 0. The highest BCUT2D eigenvalue weighted by atomic mass is 79.9. The summed E-state index contributed by atoms with van der Waals surface area (Å²) in [6.45, 7) is 2.36. The predicted molar refractivity (Wildman–Crippen MR) is 86.6 cm³/mol. The molecular formula is C16H18BrNO3. The van der Waals surface area contributed by atoms with Crippen molar-refractivity contribution in [2.45, 2.75) is 13.0 Å². The van der Waals surface area contributed by atoms with Crippen LogP contribution in [0.2, 0.25) is 0 Å². The normalized spacial score (nSPS) is 12.1. The van der Waals surface area contributed by atoms with Crippen molar-refractivity contribution in [3.05, 3.63) is 40.9 Å². The van der Waals surface area contributed by atoms with Crippen molar-refractivity contribution in [3.63, 3.8) is 0 Å². The number of benzene rings is 2. The molecule has 0 radical (unpaired) electrons. The zero-order valence-electron chi connectivity index (χ0n) is 12.1. The molecular weight excluding hydrogens is 334 g/mol. The molecule has 0 bridgehead atoms. The largest absolute Gasteiger partial charge is 0.484 e. The fourth-order valence-corrected chi connectivity index (χ4v) is 2.42. The van der Waals surface area contributed by atoms with Gasteiger partial charge in [-0.05, 0) is 42.0 Å². The van der Waals surface area contributed by atoms with Gasteiger partial charge in [-0.25, -0.2) is 0 Å². The lowest BCUT2D eigenvalue weighted by atomic mass is 10.1. The van der Waals surface area contributed by atoms with Gasteiger partial charge in [-0.15, -0.1) is 0 Å². The molecule has 0 saturated carbocycles. The van der Waals surface area contributed by atoms with E-state index in [1.165, 1.54) is 0 Å². The molecule has 0 spiro atoms. The Balaban J connectivity index is 1.94. The average Bonchev–Trinajstić information content (AvgIpc) is 2.45. The lowest BCUT2D eigenvalue weighted by Crippen LogP contribution is -2.38. The third-order valence-corrected chi connectivity index (χ3v) is 3.46. The monoisotopic (exact) mass is 351 g/mol. The van der Waals surface area contributed by atoms with Gasteiger partial charge in [0, 0.05) is 17.6 Å². The Bertz CT molecular complexity index is 630. The van der Waals surface area contributed by atoms with E-state index in [1.54, 1.807) is 7.11 Å². The number of carbonyl (C=O) groups excluding carboxylic acids is 1. The molecule has 0 aliphatic heterocycles. The van der Waals surface area contributed by atoms with Crippen LogP contribution >= 0.6 is 15.9 Å². The van der Waals surface area contributed by atoms with E-state index in [-0.39, 0.29) is 18.6 Å². The zero-order valence-corrected chi connectivity index (χ0v) is 13.6. The molecule has 5 heteroatoms. The summed E-state index contributed by atoms with van der Waals surface area (Å²) in [4.78, 5) is 11.7. The molecule has 1 N–H and O–H groups in total. The minimum Gasteiger partial charge on any atom is -0.484 e. The summed E-state index contributed by atoms with van der Waals surface area (Å²) in [5, 5.41) is 4.99. The molecule has 21 heavy (non-hydrogen) atoms. The van der Waals surface area contributed by atoms with Crippen molar-refractivity contribution in [1.82, 2.24) is 5.32 Å². The number of amides is 1. The van der Waals surface area contributed by atoms with Crippen LogP contribution in [0, 0.1) is 0 Å². The lowest BCUT2D eigenvalue weighted by Gasteiger charge is -2.13. The molecule has 0 saturated heterocycles. The number of hydrogen-bond acceptors (Lipinski definition) is 3. The van der Waals surface area contributed by atoms with Gasteiger partial charge < -0.3 is 14.8 Å². The second-order valence-corrected chi connectivity index (χ2v) is 5.78. The summed E-state index contributed by atoms with van der Waals surface area (Å²) in [6, 6.07) is 11.8. The number of ether oxygens (including phenoxy) is 2. The first kappa shape index (κ1) is 15.8. The molecule has 112 valence electrons. The van der Waals surface area contributed by atoms with Gasteiger partial charge in [-0.1, -0.05) is 28.1 Å². The fourth-order valence-electron chi connectivity index (χ4n) is 2.04. The van der Waals surface area contributed by atoms with Crippen molar-refractivity contribution in [2.24, 2.45) is 0 Å².